The molecule has 0 amide bonds. The molecule has 8 heteroatoms. The number of hydrogen-bond acceptors (Lipinski definition) is 7. The van der Waals surface area contributed by atoms with Gasteiger partial charge >= 0.3 is 0 Å². The molecule has 5 nitrogen and oxygen atoms in total. The summed E-state index contributed by atoms with van der Waals surface area (Å²) in [5.41, 5.74) is 3.25. The Bertz CT molecular complexity index is 1240. The molecule has 4 aromatic rings. The highest BCUT2D eigenvalue weighted by molar-refractivity contribution is 7.14. The fraction of sp³-hybridized carbons (Fsp3) is 0.130. The third-order valence-electron chi connectivity index (χ3n) is 5.14. The Labute approximate surface area is 186 Å². The summed E-state index contributed by atoms with van der Waals surface area (Å²) in [7, 11) is 1.56. The first-order chi connectivity index (χ1) is 15.1. The van der Waals surface area contributed by atoms with E-state index in [0.29, 0.717) is 28.6 Å². The number of halogens is 1. The van der Waals surface area contributed by atoms with E-state index < -0.39 is 0 Å². The zero-order valence-corrected chi connectivity index (χ0v) is 18.2. The van der Waals surface area contributed by atoms with Gasteiger partial charge in [-0.2, -0.15) is 5.10 Å². The van der Waals surface area contributed by atoms with Crippen LogP contribution >= 0.6 is 22.7 Å². The molecule has 5 rings (SSSR count). The number of thiophene rings is 1. The van der Waals surface area contributed by atoms with Crippen molar-refractivity contribution >= 4 is 33.5 Å². The first kappa shape index (κ1) is 19.7. The Kier molecular flexibility index (Phi) is 5.17. The van der Waals surface area contributed by atoms with Crippen LogP contribution in [-0.2, 0) is 0 Å². The van der Waals surface area contributed by atoms with Crippen LogP contribution in [0.5, 0.6) is 11.5 Å². The third-order valence-corrected chi connectivity index (χ3v) is 6.89. The van der Waals surface area contributed by atoms with Gasteiger partial charge in [0.1, 0.15) is 17.3 Å². The smallest absolute Gasteiger partial charge is 0.207 e. The van der Waals surface area contributed by atoms with Gasteiger partial charge in [-0.15, -0.1) is 22.7 Å². The lowest BCUT2D eigenvalue weighted by Crippen LogP contribution is -2.18. The minimum Gasteiger partial charge on any atom is -0.507 e. The van der Waals surface area contributed by atoms with Gasteiger partial charge in [-0.1, -0.05) is 18.2 Å². The zero-order valence-electron chi connectivity index (χ0n) is 16.5. The van der Waals surface area contributed by atoms with E-state index in [-0.39, 0.29) is 17.6 Å². The summed E-state index contributed by atoms with van der Waals surface area (Å²) < 4.78 is 18.7. The van der Waals surface area contributed by atoms with Gasteiger partial charge in [-0.25, -0.2) is 14.4 Å². The number of hydrogen-bond donors (Lipinski definition) is 1. The van der Waals surface area contributed by atoms with E-state index in [0.717, 1.165) is 16.2 Å². The number of aromatic nitrogens is 1. The lowest BCUT2D eigenvalue weighted by atomic mass is 10.0. The number of rotatable bonds is 5. The van der Waals surface area contributed by atoms with Crippen LogP contribution in [0.4, 0.5) is 9.52 Å². The molecule has 156 valence electrons. The van der Waals surface area contributed by atoms with Gasteiger partial charge in [0.05, 0.1) is 29.4 Å². The predicted molar refractivity (Wildman–Crippen MR) is 123 cm³/mol. The first-order valence-corrected chi connectivity index (χ1v) is 11.4. The molecule has 0 bridgehead atoms. The third kappa shape index (κ3) is 3.80. The molecule has 3 heterocycles. The molecule has 0 spiro atoms. The average molecular weight is 452 g/mol. The van der Waals surface area contributed by atoms with Gasteiger partial charge in [-0.3, -0.25) is 0 Å². The van der Waals surface area contributed by atoms with Crippen molar-refractivity contribution in [2.45, 2.75) is 12.5 Å². The molecule has 1 aliphatic heterocycles. The van der Waals surface area contributed by atoms with Gasteiger partial charge in [-0.05, 0) is 41.3 Å². The Morgan fingerprint density at radius 2 is 1.97 bits per heavy atom. The summed E-state index contributed by atoms with van der Waals surface area (Å²) in [5, 5.41) is 21.8. The summed E-state index contributed by atoms with van der Waals surface area (Å²) in [4.78, 5) is 5.86. The molecule has 0 aliphatic carbocycles. The maximum Gasteiger partial charge on any atom is 0.207 e. The molecule has 0 saturated carbocycles. The van der Waals surface area contributed by atoms with Gasteiger partial charge in [0, 0.05) is 23.4 Å². The zero-order chi connectivity index (χ0) is 21.4. The standard InChI is InChI=1S/C23H18FN3O2S2/c1-29-16-8-9-17(21(28)11-16)19-13-31-23(25-19)27-20(14-4-6-15(24)7-5-14)12-18(26-27)22-3-2-10-30-22/h2-11,13,20,28H,12H2,1H3. The monoisotopic (exact) mass is 451 g/mol. The van der Waals surface area contributed by atoms with Crippen LogP contribution in [0.15, 0.2) is 70.5 Å². The summed E-state index contributed by atoms with van der Waals surface area (Å²) in [5.74, 6) is 0.424. The van der Waals surface area contributed by atoms with Crippen molar-refractivity contribution in [1.82, 2.24) is 4.98 Å². The van der Waals surface area contributed by atoms with Crippen LogP contribution in [0.1, 0.15) is 22.9 Å². The molecule has 0 saturated heterocycles. The fourth-order valence-electron chi connectivity index (χ4n) is 3.57. The maximum atomic E-state index is 13.5. The number of aromatic hydroxyl groups is 1. The summed E-state index contributed by atoms with van der Waals surface area (Å²) in [6.45, 7) is 0. The molecule has 1 N–H and O–H groups in total. The van der Waals surface area contributed by atoms with Crippen LogP contribution in [0.25, 0.3) is 11.3 Å². The number of anilines is 1. The van der Waals surface area contributed by atoms with Crippen LogP contribution < -0.4 is 9.75 Å². The lowest BCUT2D eigenvalue weighted by molar-refractivity contribution is 0.408. The molecule has 1 aliphatic rings. The van der Waals surface area contributed by atoms with Crippen molar-refractivity contribution in [2.75, 3.05) is 12.1 Å². The van der Waals surface area contributed by atoms with Gasteiger partial charge in [0.2, 0.25) is 5.13 Å². The number of phenols is 1. The van der Waals surface area contributed by atoms with E-state index >= 15 is 0 Å². The van der Waals surface area contributed by atoms with Crippen LogP contribution in [-0.4, -0.2) is 22.9 Å². The van der Waals surface area contributed by atoms with E-state index in [1.807, 2.05) is 21.8 Å². The topological polar surface area (TPSA) is 58.0 Å². The van der Waals surface area contributed by atoms with Crippen molar-refractivity contribution in [3.05, 3.63) is 81.6 Å². The number of hydrazone groups is 1. The minimum atomic E-state index is -0.265. The molecular formula is C23H18FN3O2S2. The highest BCUT2D eigenvalue weighted by Gasteiger charge is 2.32. The number of ether oxygens (including phenoxy) is 1. The van der Waals surface area contributed by atoms with E-state index in [9.17, 15) is 9.50 Å². The molecule has 2 aromatic heterocycles. The Morgan fingerprint density at radius 3 is 2.68 bits per heavy atom. The molecule has 31 heavy (non-hydrogen) atoms. The van der Waals surface area contributed by atoms with Crippen molar-refractivity contribution < 1.29 is 14.2 Å². The van der Waals surface area contributed by atoms with Crippen molar-refractivity contribution in [2.24, 2.45) is 5.10 Å². The molecule has 1 atom stereocenters. The molecular weight excluding hydrogens is 433 g/mol. The van der Waals surface area contributed by atoms with Crippen LogP contribution in [0.3, 0.4) is 0 Å². The number of benzene rings is 2. The SMILES string of the molecule is COc1ccc(-c2csc(N3N=C(c4cccs4)CC3c3ccc(F)cc3)n2)c(O)c1. The fourth-order valence-corrected chi connectivity index (χ4v) is 5.12. The molecule has 1 unspecified atom stereocenters. The van der Waals surface area contributed by atoms with E-state index in [1.165, 1.54) is 23.5 Å². The lowest BCUT2D eigenvalue weighted by Gasteiger charge is -2.21. The summed E-state index contributed by atoms with van der Waals surface area (Å²) in [6, 6.07) is 15.7. The first-order valence-electron chi connectivity index (χ1n) is 9.61. The minimum absolute atomic E-state index is 0.0823. The number of thiazole rings is 1. The van der Waals surface area contributed by atoms with Gasteiger partial charge < -0.3 is 9.84 Å². The van der Waals surface area contributed by atoms with Gasteiger partial charge in [0.15, 0.2) is 0 Å². The number of nitrogens with zero attached hydrogens (tertiary/aromatic N) is 3. The highest BCUT2D eigenvalue weighted by atomic mass is 32.1. The Hall–Kier alpha value is -3.23. The molecule has 0 radical (unpaired) electrons. The highest BCUT2D eigenvalue weighted by Crippen LogP contribution is 2.41. The van der Waals surface area contributed by atoms with Crippen molar-refractivity contribution in [3.8, 4) is 22.8 Å². The van der Waals surface area contributed by atoms with E-state index in [1.54, 1.807) is 48.8 Å². The Morgan fingerprint density at radius 1 is 1.13 bits per heavy atom. The maximum absolute atomic E-state index is 13.5. The normalized spacial score (nSPS) is 15.9. The second-order valence-electron chi connectivity index (χ2n) is 7.04. The molecule has 2 aromatic carbocycles. The van der Waals surface area contributed by atoms with Crippen molar-refractivity contribution in [1.29, 1.82) is 0 Å². The van der Waals surface area contributed by atoms with E-state index in [4.69, 9.17) is 14.8 Å². The van der Waals surface area contributed by atoms with Crippen molar-refractivity contribution in [3.63, 3.8) is 0 Å². The largest absolute Gasteiger partial charge is 0.507 e. The van der Waals surface area contributed by atoms with Gasteiger partial charge in [0.25, 0.3) is 0 Å². The Balaban J connectivity index is 1.52. The van der Waals surface area contributed by atoms with Crippen LogP contribution in [0, 0.1) is 5.82 Å². The number of phenolic OH excluding ortho intramolecular Hbond substituents is 1. The second-order valence-corrected chi connectivity index (χ2v) is 8.82. The quantitative estimate of drug-likeness (QED) is 0.399. The van der Waals surface area contributed by atoms with Crippen LogP contribution in [0.2, 0.25) is 0 Å². The number of methoxy groups -OCH3 is 1. The van der Waals surface area contributed by atoms with E-state index in [2.05, 4.69) is 6.07 Å². The summed E-state index contributed by atoms with van der Waals surface area (Å²) in [6.07, 6.45) is 0.703. The summed E-state index contributed by atoms with van der Waals surface area (Å²) >= 11 is 3.10. The molecule has 0 fully saturated rings. The second kappa shape index (κ2) is 8.13. The predicted octanol–water partition coefficient (Wildman–Crippen LogP) is 6.08. The average Bonchev–Trinajstić information content (AvgIpc) is 3.53.